The van der Waals surface area contributed by atoms with Gasteiger partial charge in [-0.05, 0) is 19.3 Å². The van der Waals surface area contributed by atoms with Crippen molar-refractivity contribution in [3.05, 3.63) is 9.88 Å². The van der Waals surface area contributed by atoms with Gasteiger partial charge in [-0.1, -0.05) is 13.8 Å². The van der Waals surface area contributed by atoms with Gasteiger partial charge in [0.25, 0.3) is 0 Å². The fourth-order valence-corrected chi connectivity index (χ4v) is 6.04. The van der Waals surface area contributed by atoms with Gasteiger partial charge in [0.15, 0.2) is 11.3 Å². The molecule has 0 N–H and O–H groups in total. The lowest BCUT2D eigenvalue weighted by Crippen LogP contribution is -1.98. The van der Waals surface area contributed by atoms with Crippen LogP contribution in [0.15, 0.2) is 4.42 Å². The Morgan fingerprint density at radius 2 is 2.12 bits per heavy atom. The molecule has 2 aromatic heterocycles. The van der Waals surface area contributed by atoms with E-state index in [1.165, 1.54) is 4.88 Å². The van der Waals surface area contributed by atoms with E-state index in [0.29, 0.717) is 5.92 Å². The topological polar surface area (TPSA) is 43.1 Å². The summed E-state index contributed by atoms with van der Waals surface area (Å²) in [5.74, 6) is 1.40. The number of hydrogen-bond acceptors (Lipinski definition) is 4. The largest absolute Gasteiger partial charge is 0.449 e. The SMILES string of the molecule is Cc1nc(-c2oc3c4c2P34=O)c(CC(C)C)s1. The van der Waals surface area contributed by atoms with Crippen LogP contribution < -0.4 is 16.1 Å². The van der Waals surface area contributed by atoms with Crippen LogP contribution in [-0.4, -0.2) is 4.98 Å². The third kappa shape index (κ3) is 1.08. The molecule has 0 amide bonds. The number of furan rings is 1. The summed E-state index contributed by atoms with van der Waals surface area (Å²) in [7, 11) is -2.10. The minimum Gasteiger partial charge on any atom is -0.449 e. The number of thiazole rings is 1. The molecule has 5 heterocycles. The van der Waals surface area contributed by atoms with E-state index in [-0.39, 0.29) is 0 Å². The van der Waals surface area contributed by atoms with Crippen molar-refractivity contribution in [2.24, 2.45) is 5.92 Å². The molecule has 2 aromatic rings. The standard InChI is InChI=1S/C12H12NO2PS/c1-5(2)4-7-8(13-6(3)17-7)9-10-11-12(15-9)16(10,11)14/h5H,4H2,1-3H3. The molecule has 3 aliphatic heterocycles. The molecule has 0 radical (unpaired) electrons. The van der Waals surface area contributed by atoms with Crippen LogP contribution in [0.3, 0.4) is 0 Å². The summed E-state index contributed by atoms with van der Waals surface area (Å²) < 4.78 is 17.6. The molecule has 5 rings (SSSR count). The highest BCUT2D eigenvalue weighted by Gasteiger charge is 2.75. The molecule has 17 heavy (non-hydrogen) atoms. The fourth-order valence-electron chi connectivity index (χ4n) is 2.42. The summed E-state index contributed by atoms with van der Waals surface area (Å²) in [4.78, 5) is 5.82. The number of aryl methyl sites for hydroxylation is 1. The Labute approximate surface area is 103 Å². The van der Waals surface area contributed by atoms with Gasteiger partial charge in [0.2, 0.25) is 7.14 Å². The van der Waals surface area contributed by atoms with Crippen molar-refractivity contribution in [1.82, 2.24) is 4.98 Å². The Kier molecular flexibility index (Phi) is 1.64. The van der Waals surface area contributed by atoms with E-state index < -0.39 is 7.14 Å². The predicted octanol–water partition coefficient (Wildman–Crippen LogP) is 2.18. The summed E-state index contributed by atoms with van der Waals surface area (Å²) in [5.41, 5.74) is 1.71. The Bertz CT molecular complexity index is 701. The molecule has 2 bridgehead atoms. The lowest BCUT2D eigenvalue weighted by atomic mass is 10.1. The second-order valence-corrected chi connectivity index (χ2v) is 8.95. The molecule has 1 unspecified atom stereocenters. The van der Waals surface area contributed by atoms with Crippen LogP contribution in [0, 0.1) is 12.8 Å². The van der Waals surface area contributed by atoms with Crippen LogP contribution in [0.2, 0.25) is 0 Å². The average molecular weight is 265 g/mol. The summed E-state index contributed by atoms with van der Waals surface area (Å²) in [6, 6.07) is 0. The molecule has 1 atom stereocenters. The van der Waals surface area contributed by atoms with Crippen molar-refractivity contribution in [2.45, 2.75) is 27.2 Å². The molecule has 0 saturated carbocycles. The number of rotatable bonds is 3. The van der Waals surface area contributed by atoms with Gasteiger partial charge in [0.1, 0.15) is 5.69 Å². The first-order valence-corrected chi connectivity index (χ1v) is 8.31. The van der Waals surface area contributed by atoms with E-state index in [0.717, 1.165) is 39.0 Å². The van der Waals surface area contributed by atoms with Crippen molar-refractivity contribution in [1.29, 1.82) is 0 Å². The van der Waals surface area contributed by atoms with Gasteiger partial charge in [0.05, 0.1) is 15.6 Å². The minimum atomic E-state index is -2.10. The highest BCUT2D eigenvalue weighted by atomic mass is 32.1. The maximum Gasteiger partial charge on any atom is 0.214 e. The highest BCUT2D eigenvalue weighted by molar-refractivity contribution is 8.06. The fraction of sp³-hybridized carbons (Fsp3) is 0.417. The number of nitrogens with zero attached hydrogens (tertiary/aromatic N) is 1. The third-order valence-corrected chi connectivity index (χ3v) is 6.82. The van der Waals surface area contributed by atoms with Gasteiger partial charge < -0.3 is 8.98 Å². The summed E-state index contributed by atoms with van der Waals surface area (Å²) in [5, 5.41) is 3.07. The van der Waals surface area contributed by atoms with Gasteiger partial charge in [0, 0.05) is 4.88 Å². The zero-order valence-corrected chi connectivity index (χ0v) is 11.6. The Hall–Kier alpha value is -0.860. The molecule has 0 spiro atoms. The van der Waals surface area contributed by atoms with Crippen LogP contribution in [0.25, 0.3) is 11.5 Å². The van der Waals surface area contributed by atoms with Gasteiger partial charge in [-0.3, -0.25) is 0 Å². The van der Waals surface area contributed by atoms with Crippen LogP contribution in [-0.2, 0) is 11.0 Å². The quantitative estimate of drug-likeness (QED) is 0.533. The molecule has 3 nitrogen and oxygen atoms in total. The highest BCUT2D eigenvalue weighted by Crippen LogP contribution is 2.70. The Balaban J connectivity index is 1.82. The number of hydrogen-bond donors (Lipinski definition) is 0. The van der Waals surface area contributed by atoms with Crippen LogP contribution in [0.5, 0.6) is 0 Å². The van der Waals surface area contributed by atoms with E-state index in [1.54, 1.807) is 11.3 Å². The smallest absolute Gasteiger partial charge is 0.214 e. The Morgan fingerprint density at radius 3 is 2.65 bits per heavy atom. The zero-order chi connectivity index (χ0) is 11.9. The van der Waals surface area contributed by atoms with Crippen LogP contribution in [0.1, 0.15) is 23.7 Å². The lowest BCUT2D eigenvalue weighted by molar-refractivity contribution is 0.590. The molecule has 3 aliphatic rings. The van der Waals surface area contributed by atoms with Crippen molar-refractivity contribution in [3.63, 3.8) is 0 Å². The average Bonchev–Trinajstić information content (AvgIpc) is 2.81. The predicted molar refractivity (Wildman–Crippen MR) is 69.6 cm³/mol. The van der Waals surface area contributed by atoms with Crippen molar-refractivity contribution in [2.75, 3.05) is 0 Å². The normalized spacial score (nSPS) is 23.1. The van der Waals surface area contributed by atoms with E-state index in [2.05, 4.69) is 18.8 Å². The summed E-state index contributed by atoms with van der Waals surface area (Å²) in [6.07, 6.45) is 1.01. The van der Waals surface area contributed by atoms with Gasteiger partial charge in [-0.15, -0.1) is 11.3 Å². The number of aromatic nitrogens is 1. The van der Waals surface area contributed by atoms with Gasteiger partial charge in [-0.2, -0.15) is 0 Å². The maximum absolute atomic E-state index is 12.0. The van der Waals surface area contributed by atoms with E-state index in [9.17, 15) is 4.57 Å². The molecule has 0 fully saturated rings. The minimum absolute atomic E-state index is 0.597. The first-order chi connectivity index (χ1) is 8.03. The van der Waals surface area contributed by atoms with E-state index >= 15 is 0 Å². The van der Waals surface area contributed by atoms with E-state index in [4.69, 9.17) is 4.42 Å². The monoisotopic (exact) mass is 265 g/mol. The molecular weight excluding hydrogens is 253 g/mol. The van der Waals surface area contributed by atoms with Crippen molar-refractivity contribution in [3.8, 4) is 11.5 Å². The maximum atomic E-state index is 12.0. The molecule has 5 heteroatoms. The van der Waals surface area contributed by atoms with Crippen molar-refractivity contribution < 1.29 is 8.98 Å². The second kappa shape index (κ2) is 2.76. The first-order valence-electron chi connectivity index (χ1n) is 5.78. The lowest BCUT2D eigenvalue weighted by Gasteiger charge is -2.02. The van der Waals surface area contributed by atoms with E-state index in [1.807, 2.05) is 6.92 Å². The summed E-state index contributed by atoms with van der Waals surface area (Å²) >= 11 is 1.72. The number of fused-ring (bicyclic) bond motifs is 1. The van der Waals surface area contributed by atoms with Crippen molar-refractivity contribution >= 4 is 34.6 Å². The van der Waals surface area contributed by atoms with Gasteiger partial charge >= 0.3 is 0 Å². The van der Waals surface area contributed by atoms with Gasteiger partial charge in [-0.25, -0.2) is 4.98 Å². The molecule has 0 saturated heterocycles. The third-order valence-electron chi connectivity index (χ3n) is 3.27. The molecule has 0 aromatic carbocycles. The zero-order valence-electron chi connectivity index (χ0n) is 9.90. The Morgan fingerprint density at radius 1 is 1.41 bits per heavy atom. The second-order valence-electron chi connectivity index (χ2n) is 5.15. The molecule has 88 valence electrons. The van der Waals surface area contributed by atoms with Crippen LogP contribution >= 0.6 is 18.5 Å². The molecule has 0 aliphatic carbocycles. The molecular formula is C12H12NO2PS. The van der Waals surface area contributed by atoms with Crippen LogP contribution in [0.4, 0.5) is 0 Å². The summed E-state index contributed by atoms with van der Waals surface area (Å²) in [6.45, 7) is 6.41. The first kappa shape index (κ1) is 10.1.